The second-order valence-electron chi connectivity index (χ2n) is 4.47. The molecule has 0 bridgehead atoms. The van der Waals surface area contributed by atoms with Gasteiger partial charge in [-0.1, -0.05) is 43.8 Å². The standard InChI is InChI=1S/C14H16N2O2S/c1-10(2)12-8-15-14(19-9-13(17)18)16(12)11-6-4-3-5-7-11/h3-8,10H,9H2,1-2H3,(H,17,18). The summed E-state index contributed by atoms with van der Waals surface area (Å²) >= 11 is 1.24. The normalized spacial score (nSPS) is 10.9. The molecule has 0 spiro atoms. The van der Waals surface area contributed by atoms with Crippen LogP contribution in [0.1, 0.15) is 25.5 Å². The van der Waals surface area contributed by atoms with Gasteiger partial charge in [-0.25, -0.2) is 4.98 Å². The molecule has 0 saturated heterocycles. The van der Waals surface area contributed by atoms with Crippen molar-refractivity contribution >= 4 is 17.7 Å². The lowest BCUT2D eigenvalue weighted by Crippen LogP contribution is -2.05. The number of hydrogen-bond donors (Lipinski definition) is 1. The SMILES string of the molecule is CC(C)c1cnc(SCC(=O)O)n1-c1ccccc1. The van der Waals surface area contributed by atoms with Gasteiger partial charge in [0.25, 0.3) is 0 Å². The van der Waals surface area contributed by atoms with Gasteiger partial charge in [0.15, 0.2) is 5.16 Å². The van der Waals surface area contributed by atoms with Gasteiger partial charge in [-0.05, 0) is 18.1 Å². The number of imidazole rings is 1. The number of para-hydroxylation sites is 1. The first-order valence-corrected chi connectivity index (χ1v) is 7.06. The number of rotatable bonds is 5. The van der Waals surface area contributed by atoms with Crippen LogP contribution in [0.15, 0.2) is 41.7 Å². The van der Waals surface area contributed by atoms with Gasteiger partial charge < -0.3 is 5.11 Å². The maximum Gasteiger partial charge on any atom is 0.313 e. The first-order chi connectivity index (χ1) is 9.09. The summed E-state index contributed by atoms with van der Waals surface area (Å²) < 4.78 is 2.03. The first-order valence-electron chi connectivity index (χ1n) is 6.07. The average molecular weight is 276 g/mol. The van der Waals surface area contributed by atoms with Crippen molar-refractivity contribution in [1.82, 2.24) is 9.55 Å². The Morgan fingerprint density at radius 3 is 2.63 bits per heavy atom. The number of carboxylic acid groups (broad SMARTS) is 1. The zero-order valence-corrected chi connectivity index (χ0v) is 11.7. The van der Waals surface area contributed by atoms with Gasteiger partial charge >= 0.3 is 5.97 Å². The number of nitrogens with zero attached hydrogens (tertiary/aromatic N) is 2. The Morgan fingerprint density at radius 1 is 1.37 bits per heavy atom. The van der Waals surface area contributed by atoms with Crippen molar-refractivity contribution in [3.05, 3.63) is 42.2 Å². The second kappa shape index (κ2) is 5.93. The molecule has 2 rings (SSSR count). The molecular formula is C14H16N2O2S. The fourth-order valence-corrected chi connectivity index (χ4v) is 2.54. The first kappa shape index (κ1) is 13.7. The minimum absolute atomic E-state index is 0.0153. The summed E-state index contributed by atoms with van der Waals surface area (Å²) in [7, 11) is 0. The van der Waals surface area contributed by atoms with Crippen molar-refractivity contribution in [3.63, 3.8) is 0 Å². The number of hydrogen-bond acceptors (Lipinski definition) is 3. The Hall–Kier alpha value is -1.75. The van der Waals surface area contributed by atoms with Gasteiger partial charge in [0.05, 0.1) is 11.9 Å². The third kappa shape index (κ3) is 3.17. The zero-order valence-electron chi connectivity index (χ0n) is 10.9. The number of carboxylic acids is 1. The van der Waals surface area contributed by atoms with E-state index in [4.69, 9.17) is 5.11 Å². The summed E-state index contributed by atoms with van der Waals surface area (Å²) in [5.74, 6) is -0.493. The molecule has 0 fully saturated rings. The molecule has 5 heteroatoms. The zero-order chi connectivity index (χ0) is 13.8. The van der Waals surface area contributed by atoms with Crippen molar-refractivity contribution in [2.75, 3.05) is 5.75 Å². The Bertz CT molecular complexity index is 564. The fourth-order valence-electron chi connectivity index (χ4n) is 1.82. The van der Waals surface area contributed by atoms with Gasteiger partial charge in [-0.2, -0.15) is 0 Å². The highest BCUT2D eigenvalue weighted by atomic mass is 32.2. The van der Waals surface area contributed by atoms with E-state index in [9.17, 15) is 4.79 Å². The van der Waals surface area contributed by atoms with Gasteiger partial charge in [0.2, 0.25) is 0 Å². The maximum atomic E-state index is 10.7. The van der Waals surface area contributed by atoms with Crippen LogP contribution in [0.3, 0.4) is 0 Å². The molecule has 0 saturated carbocycles. The molecule has 0 atom stereocenters. The molecule has 0 unspecified atom stereocenters. The van der Waals surface area contributed by atoms with Crippen molar-refractivity contribution in [1.29, 1.82) is 0 Å². The average Bonchev–Trinajstić information content (AvgIpc) is 2.81. The Morgan fingerprint density at radius 2 is 2.05 bits per heavy atom. The van der Waals surface area contributed by atoms with Crippen molar-refractivity contribution in [2.45, 2.75) is 24.9 Å². The van der Waals surface area contributed by atoms with Crippen molar-refractivity contribution in [3.8, 4) is 5.69 Å². The molecule has 0 radical (unpaired) electrons. The van der Waals surface area contributed by atoms with Crippen LogP contribution in [0.25, 0.3) is 5.69 Å². The van der Waals surface area contributed by atoms with E-state index in [-0.39, 0.29) is 5.75 Å². The van der Waals surface area contributed by atoms with E-state index in [0.29, 0.717) is 5.92 Å². The van der Waals surface area contributed by atoms with E-state index < -0.39 is 5.97 Å². The van der Waals surface area contributed by atoms with Crippen LogP contribution in [0.5, 0.6) is 0 Å². The van der Waals surface area contributed by atoms with Gasteiger partial charge in [0.1, 0.15) is 0 Å². The molecule has 0 aliphatic carbocycles. The molecule has 0 aliphatic heterocycles. The topological polar surface area (TPSA) is 55.1 Å². The van der Waals surface area contributed by atoms with Crippen LogP contribution in [0.2, 0.25) is 0 Å². The molecule has 0 aliphatic rings. The molecule has 100 valence electrons. The second-order valence-corrected chi connectivity index (χ2v) is 5.42. The maximum absolute atomic E-state index is 10.7. The van der Waals surface area contributed by atoms with E-state index >= 15 is 0 Å². The predicted octanol–water partition coefficient (Wildman–Crippen LogP) is 3.17. The Kier molecular flexibility index (Phi) is 4.27. The molecule has 1 heterocycles. The quantitative estimate of drug-likeness (QED) is 0.852. The molecule has 1 aromatic heterocycles. The number of aliphatic carboxylic acids is 1. The number of carbonyl (C=O) groups is 1. The van der Waals surface area contributed by atoms with Crippen LogP contribution >= 0.6 is 11.8 Å². The summed E-state index contributed by atoms with van der Waals surface area (Å²) in [6, 6.07) is 9.88. The van der Waals surface area contributed by atoms with Crippen molar-refractivity contribution < 1.29 is 9.90 Å². The fraction of sp³-hybridized carbons (Fsp3) is 0.286. The molecular weight excluding hydrogens is 260 g/mol. The predicted molar refractivity (Wildman–Crippen MR) is 76.0 cm³/mol. The Balaban J connectivity index is 2.42. The Labute approximate surface area is 116 Å². The van der Waals surface area contributed by atoms with E-state index in [1.165, 1.54) is 11.8 Å². The molecule has 4 nitrogen and oxygen atoms in total. The van der Waals surface area contributed by atoms with Crippen LogP contribution < -0.4 is 0 Å². The summed E-state index contributed by atoms with van der Waals surface area (Å²) in [6.45, 7) is 4.20. The minimum atomic E-state index is -0.835. The van der Waals surface area contributed by atoms with Crippen LogP contribution in [-0.4, -0.2) is 26.4 Å². The van der Waals surface area contributed by atoms with Gasteiger partial charge in [0, 0.05) is 11.4 Å². The molecule has 2 aromatic rings. The van der Waals surface area contributed by atoms with Crippen LogP contribution in [0.4, 0.5) is 0 Å². The number of thioether (sulfide) groups is 1. The van der Waals surface area contributed by atoms with E-state index in [1.807, 2.05) is 41.1 Å². The van der Waals surface area contributed by atoms with E-state index in [0.717, 1.165) is 16.5 Å². The lowest BCUT2D eigenvalue weighted by atomic mass is 10.1. The largest absolute Gasteiger partial charge is 0.481 e. The summed E-state index contributed by atoms with van der Waals surface area (Å²) in [4.78, 5) is 15.1. The molecule has 0 amide bonds. The smallest absolute Gasteiger partial charge is 0.313 e. The van der Waals surface area contributed by atoms with E-state index in [2.05, 4.69) is 18.8 Å². The monoisotopic (exact) mass is 276 g/mol. The number of aromatic nitrogens is 2. The summed E-state index contributed by atoms with van der Waals surface area (Å²) in [5, 5.41) is 9.51. The lowest BCUT2D eigenvalue weighted by molar-refractivity contribution is -0.133. The van der Waals surface area contributed by atoms with Crippen LogP contribution in [0, 0.1) is 0 Å². The van der Waals surface area contributed by atoms with Crippen LogP contribution in [-0.2, 0) is 4.79 Å². The third-order valence-corrected chi connectivity index (χ3v) is 3.62. The van der Waals surface area contributed by atoms with Gasteiger partial charge in [-0.3, -0.25) is 9.36 Å². The molecule has 1 N–H and O–H groups in total. The lowest BCUT2D eigenvalue weighted by Gasteiger charge is -2.13. The number of benzene rings is 1. The van der Waals surface area contributed by atoms with Crippen molar-refractivity contribution in [2.24, 2.45) is 0 Å². The highest BCUT2D eigenvalue weighted by Crippen LogP contribution is 2.27. The highest BCUT2D eigenvalue weighted by Gasteiger charge is 2.15. The van der Waals surface area contributed by atoms with E-state index in [1.54, 1.807) is 0 Å². The highest BCUT2D eigenvalue weighted by molar-refractivity contribution is 7.99. The summed E-state index contributed by atoms with van der Waals surface area (Å²) in [5.41, 5.74) is 2.09. The summed E-state index contributed by atoms with van der Waals surface area (Å²) in [6.07, 6.45) is 1.82. The van der Waals surface area contributed by atoms with Gasteiger partial charge in [-0.15, -0.1) is 0 Å². The molecule has 19 heavy (non-hydrogen) atoms. The third-order valence-electron chi connectivity index (χ3n) is 2.69. The minimum Gasteiger partial charge on any atom is -0.481 e. The molecule has 1 aromatic carbocycles.